The standard InChI is InChI=1S/C28H23ClFN7O16S5/c1-37(15-3-2-4-16(11-15)54(39,40)8-7-53-58(50,51)52)28-33-26(29)32-27(34-28)31-21-13-18(56(44,45)46)9-14-10-22(57(47,48)49)24(25(38)23(14)21)36-35-20-12-17(55(41,42)43)5-6-19(20)30/h2-6,9-13,38H,7-8H2,1H3,(H,41,42,43)(H,44,45,46)(H,47,48,49)(H,50,51,52)(H,31,32,33,34). The topological polar surface area (TPSA) is 360 Å². The van der Waals surface area contributed by atoms with Crippen LogP contribution in [0.2, 0.25) is 5.28 Å². The van der Waals surface area contributed by atoms with Crippen LogP contribution in [0.3, 0.4) is 0 Å². The Hall–Kier alpha value is -5.08. The molecule has 0 amide bonds. The van der Waals surface area contributed by atoms with E-state index in [1.807, 2.05) is 0 Å². The van der Waals surface area contributed by atoms with Gasteiger partial charge in [0.25, 0.3) is 30.4 Å². The third kappa shape index (κ3) is 10.3. The lowest BCUT2D eigenvalue weighted by Gasteiger charge is -2.19. The Morgan fingerprint density at radius 2 is 1.47 bits per heavy atom. The summed E-state index contributed by atoms with van der Waals surface area (Å²) in [5, 5.41) is 19.3. The number of anilines is 4. The van der Waals surface area contributed by atoms with Gasteiger partial charge in [0.15, 0.2) is 21.4 Å². The summed E-state index contributed by atoms with van der Waals surface area (Å²) < 4.78 is 176. The van der Waals surface area contributed by atoms with E-state index in [-0.39, 0.29) is 16.5 Å². The predicted molar refractivity (Wildman–Crippen MR) is 198 cm³/mol. The van der Waals surface area contributed by atoms with Gasteiger partial charge in [-0.25, -0.2) is 17.0 Å². The Labute approximate surface area is 332 Å². The molecule has 0 saturated heterocycles. The number of hydrogen-bond donors (Lipinski definition) is 6. The Morgan fingerprint density at radius 1 is 0.793 bits per heavy atom. The number of phenolic OH excluding ortho intramolecular Hbond substituents is 1. The highest BCUT2D eigenvalue weighted by atomic mass is 35.5. The fraction of sp³-hybridized carbons (Fsp3) is 0.107. The van der Waals surface area contributed by atoms with E-state index in [9.17, 15) is 65.2 Å². The van der Waals surface area contributed by atoms with Gasteiger partial charge in [-0.15, -0.1) is 10.2 Å². The van der Waals surface area contributed by atoms with Crippen LogP contribution < -0.4 is 10.2 Å². The second-order valence-corrected chi connectivity index (χ2v) is 19.1. The molecule has 0 saturated carbocycles. The van der Waals surface area contributed by atoms with Crippen LogP contribution in [0.5, 0.6) is 5.75 Å². The molecule has 0 aliphatic rings. The molecule has 6 N–H and O–H groups in total. The van der Waals surface area contributed by atoms with Crippen molar-refractivity contribution in [3.63, 3.8) is 0 Å². The number of nitrogens with zero attached hydrogens (tertiary/aromatic N) is 6. The minimum absolute atomic E-state index is 0.0905. The van der Waals surface area contributed by atoms with Crippen LogP contribution in [-0.4, -0.2) is 99.8 Å². The predicted octanol–water partition coefficient (Wildman–Crippen LogP) is 3.78. The maximum absolute atomic E-state index is 14.6. The SMILES string of the molecule is CN(c1cccc(S(=O)(=O)CCOS(=O)(=O)O)c1)c1nc(Cl)nc(Nc2cc(S(=O)(=O)O)cc3cc(S(=O)(=O)O)c(N=Nc4cc(S(=O)(=O)O)ccc4F)c(O)c23)n1. The first kappa shape index (κ1) is 44.0. The molecule has 0 fully saturated rings. The summed E-state index contributed by atoms with van der Waals surface area (Å²) in [6, 6.07) is 8.70. The molecule has 0 spiro atoms. The molecule has 1 heterocycles. The molecule has 310 valence electrons. The van der Waals surface area contributed by atoms with Gasteiger partial charge in [0.2, 0.25) is 17.2 Å². The lowest BCUT2D eigenvalue weighted by Crippen LogP contribution is -2.17. The van der Waals surface area contributed by atoms with E-state index in [0.717, 1.165) is 6.07 Å². The zero-order chi connectivity index (χ0) is 43.2. The van der Waals surface area contributed by atoms with Gasteiger partial charge >= 0.3 is 10.4 Å². The zero-order valence-electron chi connectivity index (χ0n) is 28.4. The van der Waals surface area contributed by atoms with Crippen LogP contribution in [0.1, 0.15) is 0 Å². The highest BCUT2D eigenvalue weighted by Crippen LogP contribution is 2.46. The Kier molecular flexibility index (Phi) is 12.1. The molecule has 0 unspecified atom stereocenters. The van der Waals surface area contributed by atoms with Crippen molar-refractivity contribution in [2.45, 2.75) is 19.6 Å². The molecule has 5 rings (SSSR count). The number of sulfone groups is 1. The van der Waals surface area contributed by atoms with Gasteiger partial charge in [0.05, 0.1) is 32.7 Å². The highest BCUT2D eigenvalue weighted by Gasteiger charge is 2.27. The normalized spacial score (nSPS) is 12.9. The van der Waals surface area contributed by atoms with Crippen molar-refractivity contribution in [3.05, 3.63) is 71.8 Å². The summed E-state index contributed by atoms with van der Waals surface area (Å²) in [6.07, 6.45) is 0. The second-order valence-electron chi connectivity index (χ2n) is 11.4. The summed E-state index contributed by atoms with van der Waals surface area (Å²) in [6.45, 7) is -0.909. The quantitative estimate of drug-likeness (QED) is 0.0681. The number of aromatic hydroxyl groups is 1. The molecule has 1 aromatic heterocycles. The molecule has 30 heteroatoms. The van der Waals surface area contributed by atoms with Gasteiger partial charge in [-0.05, 0) is 71.6 Å². The van der Waals surface area contributed by atoms with Crippen molar-refractivity contribution < 1.29 is 74.0 Å². The van der Waals surface area contributed by atoms with Crippen LogP contribution in [0.4, 0.5) is 39.0 Å². The number of hydrogen-bond acceptors (Lipinski definition) is 19. The van der Waals surface area contributed by atoms with Crippen molar-refractivity contribution >= 4 is 108 Å². The van der Waals surface area contributed by atoms with Crippen molar-refractivity contribution in [2.24, 2.45) is 10.2 Å². The number of fused-ring (bicyclic) bond motifs is 1. The average molecular weight is 928 g/mol. The van der Waals surface area contributed by atoms with E-state index >= 15 is 0 Å². The van der Waals surface area contributed by atoms with E-state index < -0.39 is 128 Å². The lowest BCUT2D eigenvalue weighted by molar-refractivity contribution is 0.284. The molecular weight excluding hydrogens is 905 g/mol. The average Bonchev–Trinajstić information content (AvgIpc) is 3.09. The first-order valence-electron chi connectivity index (χ1n) is 15.0. The number of rotatable bonds is 14. The summed E-state index contributed by atoms with van der Waals surface area (Å²) in [7, 11) is -23.2. The van der Waals surface area contributed by atoms with Gasteiger partial charge in [-0.1, -0.05) is 6.07 Å². The van der Waals surface area contributed by atoms with Crippen LogP contribution in [0.25, 0.3) is 10.8 Å². The maximum Gasteiger partial charge on any atom is 0.397 e. The van der Waals surface area contributed by atoms with Gasteiger partial charge in [0, 0.05) is 18.1 Å². The largest absolute Gasteiger partial charge is 0.505 e. The maximum atomic E-state index is 14.6. The molecule has 0 aliphatic carbocycles. The smallest absolute Gasteiger partial charge is 0.397 e. The number of benzene rings is 4. The Balaban J connectivity index is 1.63. The van der Waals surface area contributed by atoms with Gasteiger partial charge in [-0.3, -0.25) is 18.2 Å². The monoisotopic (exact) mass is 927 g/mol. The molecule has 0 aliphatic heterocycles. The van der Waals surface area contributed by atoms with E-state index in [1.54, 1.807) is 0 Å². The Morgan fingerprint density at radius 3 is 2.09 bits per heavy atom. The third-order valence-electron chi connectivity index (χ3n) is 7.46. The summed E-state index contributed by atoms with van der Waals surface area (Å²) >= 11 is 6.15. The minimum Gasteiger partial charge on any atom is -0.505 e. The molecule has 5 aromatic rings. The van der Waals surface area contributed by atoms with Gasteiger partial charge in [-0.2, -0.15) is 48.6 Å². The van der Waals surface area contributed by atoms with E-state index in [2.05, 4.69) is 34.7 Å². The Bertz CT molecular complexity index is 3100. The summed E-state index contributed by atoms with van der Waals surface area (Å²) in [5.41, 5.74) is -2.45. The molecule has 0 atom stereocenters. The second kappa shape index (κ2) is 15.9. The number of azo groups is 1. The van der Waals surface area contributed by atoms with E-state index in [0.29, 0.717) is 36.4 Å². The van der Waals surface area contributed by atoms with Gasteiger partial charge in [0.1, 0.15) is 16.3 Å². The van der Waals surface area contributed by atoms with Crippen molar-refractivity contribution in [3.8, 4) is 5.75 Å². The van der Waals surface area contributed by atoms with Crippen LogP contribution >= 0.6 is 11.6 Å². The number of nitrogens with one attached hydrogen (secondary N) is 1. The van der Waals surface area contributed by atoms with Crippen LogP contribution in [-0.2, 0) is 54.8 Å². The molecule has 4 aromatic carbocycles. The first-order valence-corrected chi connectivity index (χ1v) is 22.7. The number of aromatic nitrogens is 3. The lowest BCUT2D eigenvalue weighted by atomic mass is 10.1. The van der Waals surface area contributed by atoms with E-state index in [4.69, 9.17) is 16.2 Å². The van der Waals surface area contributed by atoms with Crippen molar-refractivity contribution in [1.29, 1.82) is 0 Å². The molecule has 23 nitrogen and oxygen atoms in total. The van der Waals surface area contributed by atoms with Crippen LogP contribution in [0.15, 0.2) is 90.5 Å². The van der Waals surface area contributed by atoms with Crippen molar-refractivity contribution in [2.75, 3.05) is 29.6 Å². The first-order chi connectivity index (χ1) is 26.6. The summed E-state index contributed by atoms with van der Waals surface area (Å²) in [5.74, 6) is -4.14. The summed E-state index contributed by atoms with van der Waals surface area (Å²) in [4.78, 5) is 9.84. The third-order valence-corrected chi connectivity index (χ3v) is 12.3. The van der Waals surface area contributed by atoms with Gasteiger partial charge < -0.3 is 15.3 Å². The highest BCUT2D eigenvalue weighted by molar-refractivity contribution is 7.91. The molecule has 58 heavy (non-hydrogen) atoms. The zero-order valence-corrected chi connectivity index (χ0v) is 33.2. The fourth-order valence-electron chi connectivity index (χ4n) is 4.87. The molecule has 0 radical (unpaired) electrons. The number of halogens is 2. The van der Waals surface area contributed by atoms with Crippen LogP contribution in [0, 0.1) is 5.82 Å². The van der Waals surface area contributed by atoms with Crippen molar-refractivity contribution in [1.82, 2.24) is 15.0 Å². The van der Waals surface area contributed by atoms with E-state index in [1.165, 1.54) is 30.1 Å². The molecular formula is C28H23ClFN7O16S5. The fourth-order valence-corrected chi connectivity index (χ4v) is 8.25. The molecule has 0 bridgehead atoms. The number of phenols is 1. The minimum atomic E-state index is -5.39.